The summed E-state index contributed by atoms with van der Waals surface area (Å²) in [6.07, 6.45) is 2.25. The topological polar surface area (TPSA) is 20.3 Å². The Labute approximate surface area is 105 Å². The molecule has 0 aliphatic rings. The Morgan fingerprint density at radius 3 is 2.06 bits per heavy atom. The van der Waals surface area contributed by atoms with Crippen molar-refractivity contribution in [3.63, 3.8) is 0 Å². The van der Waals surface area contributed by atoms with Crippen LogP contribution in [0.5, 0.6) is 0 Å². The molecule has 94 valence electrons. The van der Waals surface area contributed by atoms with Crippen LogP contribution < -0.4 is 0 Å². The minimum atomic E-state index is -0.310. The Hall–Kier alpha value is -1.15. The van der Waals surface area contributed by atoms with E-state index in [0.717, 1.165) is 18.4 Å². The second-order valence-corrected chi connectivity index (χ2v) is 4.72. The average molecular weight is 233 g/mol. The molecule has 0 atom stereocenters. The van der Waals surface area contributed by atoms with Crippen molar-refractivity contribution in [2.75, 3.05) is 14.1 Å². The fourth-order valence-corrected chi connectivity index (χ4v) is 2.47. The van der Waals surface area contributed by atoms with E-state index in [4.69, 9.17) is 0 Å². The first kappa shape index (κ1) is 13.9. The third kappa shape index (κ3) is 2.95. The van der Waals surface area contributed by atoms with Crippen molar-refractivity contribution in [2.24, 2.45) is 0 Å². The molecule has 0 fully saturated rings. The molecule has 0 bridgehead atoms. The van der Waals surface area contributed by atoms with Gasteiger partial charge in [0.2, 0.25) is 0 Å². The highest BCUT2D eigenvalue weighted by Crippen LogP contribution is 2.24. The summed E-state index contributed by atoms with van der Waals surface area (Å²) in [5.41, 5.74) is 0.793. The molecule has 0 aliphatic carbocycles. The molecule has 0 unspecified atom stereocenters. The summed E-state index contributed by atoms with van der Waals surface area (Å²) in [5, 5.41) is 0. The van der Waals surface area contributed by atoms with Gasteiger partial charge in [-0.15, -0.1) is 0 Å². The number of carbonyl (C=O) groups excluding carboxylic acids is 1. The normalized spacial score (nSPS) is 11.8. The third-order valence-electron chi connectivity index (χ3n) is 3.75. The van der Waals surface area contributed by atoms with Gasteiger partial charge in [-0.1, -0.05) is 44.2 Å². The number of hydrogen-bond acceptors (Lipinski definition) is 2. The van der Waals surface area contributed by atoms with Crippen molar-refractivity contribution in [1.82, 2.24) is 4.90 Å². The summed E-state index contributed by atoms with van der Waals surface area (Å²) in [6.45, 7) is 4.18. The van der Waals surface area contributed by atoms with Crippen LogP contribution in [-0.4, -0.2) is 30.3 Å². The van der Waals surface area contributed by atoms with E-state index in [1.54, 1.807) is 0 Å². The Kier molecular flexibility index (Phi) is 4.88. The summed E-state index contributed by atoms with van der Waals surface area (Å²) in [7, 11) is 3.99. The largest absolute Gasteiger partial charge is 0.297 e. The summed E-state index contributed by atoms with van der Waals surface area (Å²) < 4.78 is 0. The van der Waals surface area contributed by atoms with E-state index < -0.39 is 0 Å². The van der Waals surface area contributed by atoms with Crippen molar-refractivity contribution in [1.29, 1.82) is 0 Å². The van der Waals surface area contributed by atoms with Gasteiger partial charge in [0.15, 0.2) is 5.78 Å². The van der Waals surface area contributed by atoms with E-state index >= 15 is 0 Å². The van der Waals surface area contributed by atoms with Crippen LogP contribution in [0.4, 0.5) is 0 Å². The maximum absolute atomic E-state index is 12.5. The molecule has 0 aliphatic heterocycles. The van der Waals surface area contributed by atoms with Gasteiger partial charge in [0.1, 0.15) is 0 Å². The van der Waals surface area contributed by atoms with Crippen LogP contribution in [0.25, 0.3) is 0 Å². The number of nitrogens with zero attached hydrogens (tertiary/aromatic N) is 1. The number of rotatable bonds is 6. The molecule has 0 heterocycles. The van der Waals surface area contributed by atoms with Crippen LogP contribution >= 0.6 is 0 Å². The zero-order valence-electron chi connectivity index (χ0n) is 11.4. The quantitative estimate of drug-likeness (QED) is 0.753. The second-order valence-electron chi connectivity index (χ2n) is 4.72. The maximum atomic E-state index is 12.5. The molecular weight excluding hydrogens is 210 g/mol. The summed E-state index contributed by atoms with van der Waals surface area (Å²) in [6, 6.07) is 9.98. The molecule has 0 radical (unpaired) electrons. The van der Waals surface area contributed by atoms with Gasteiger partial charge in [0.25, 0.3) is 0 Å². The van der Waals surface area contributed by atoms with Crippen LogP contribution in [-0.2, 0) is 11.2 Å². The minimum Gasteiger partial charge on any atom is -0.297 e. The standard InChI is InChI=1S/C15H23NO/c1-5-15(6-2,16(3)4)14(17)12-13-10-8-7-9-11-13/h7-11H,5-6,12H2,1-4H3. The number of likely N-dealkylation sites (N-methyl/N-ethyl adjacent to an activating group) is 1. The first-order valence-electron chi connectivity index (χ1n) is 6.31. The Bertz CT molecular complexity index is 352. The second kappa shape index (κ2) is 5.97. The Morgan fingerprint density at radius 1 is 1.12 bits per heavy atom. The number of Topliss-reactive ketones (excluding diaryl/α,β-unsaturated/α-hetero) is 1. The van der Waals surface area contributed by atoms with Crippen LogP contribution in [0.2, 0.25) is 0 Å². The van der Waals surface area contributed by atoms with Crippen molar-refractivity contribution < 1.29 is 4.79 Å². The van der Waals surface area contributed by atoms with Gasteiger partial charge in [-0.2, -0.15) is 0 Å². The van der Waals surface area contributed by atoms with Gasteiger partial charge in [0.05, 0.1) is 5.54 Å². The summed E-state index contributed by atoms with van der Waals surface area (Å²) in [5.74, 6) is 0.318. The summed E-state index contributed by atoms with van der Waals surface area (Å²) >= 11 is 0. The molecule has 0 aromatic heterocycles. The van der Waals surface area contributed by atoms with E-state index in [-0.39, 0.29) is 5.54 Å². The van der Waals surface area contributed by atoms with Gasteiger partial charge >= 0.3 is 0 Å². The zero-order chi connectivity index (χ0) is 12.9. The zero-order valence-corrected chi connectivity index (χ0v) is 11.4. The molecular formula is C15H23NO. The first-order chi connectivity index (χ1) is 8.06. The number of hydrogen-bond donors (Lipinski definition) is 0. The smallest absolute Gasteiger partial charge is 0.157 e. The van der Waals surface area contributed by atoms with E-state index in [9.17, 15) is 4.79 Å². The van der Waals surface area contributed by atoms with Crippen LogP contribution in [0.3, 0.4) is 0 Å². The van der Waals surface area contributed by atoms with Gasteiger partial charge in [-0.3, -0.25) is 9.69 Å². The molecule has 0 N–H and O–H groups in total. The fourth-order valence-electron chi connectivity index (χ4n) is 2.47. The Balaban J connectivity index is 2.87. The van der Waals surface area contributed by atoms with Crippen molar-refractivity contribution in [3.05, 3.63) is 35.9 Å². The molecule has 17 heavy (non-hydrogen) atoms. The highest BCUT2D eigenvalue weighted by molar-refractivity contribution is 5.90. The predicted molar refractivity (Wildman–Crippen MR) is 72.2 cm³/mol. The van der Waals surface area contributed by atoms with Crippen molar-refractivity contribution in [3.8, 4) is 0 Å². The first-order valence-corrected chi connectivity index (χ1v) is 6.31. The summed E-state index contributed by atoms with van der Waals surface area (Å²) in [4.78, 5) is 14.6. The predicted octanol–water partition coefficient (Wildman–Crippen LogP) is 2.92. The third-order valence-corrected chi connectivity index (χ3v) is 3.75. The molecule has 0 spiro atoms. The van der Waals surface area contributed by atoms with Gasteiger partial charge in [-0.25, -0.2) is 0 Å². The average Bonchev–Trinajstić information content (AvgIpc) is 2.32. The van der Waals surface area contributed by atoms with E-state index in [1.807, 2.05) is 44.4 Å². The molecule has 1 aromatic rings. The number of ketones is 1. The molecule has 0 saturated carbocycles. The number of carbonyl (C=O) groups is 1. The molecule has 2 nitrogen and oxygen atoms in total. The van der Waals surface area contributed by atoms with Gasteiger partial charge < -0.3 is 0 Å². The molecule has 1 aromatic carbocycles. The van der Waals surface area contributed by atoms with Crippen molar-refractivity contribution in [2.45, 2.75) is 38.6 Å². The van der Waals surface area contributed by atoms with Crippen LogP contribution in [0, 0.1) is 0 Å². The van der Waals surface area contributed by atoms with Gasteiger partial charge in [-0.05, 0) is 32.5 Å². The lowest BCUT2D eigenvalue weighted by Gasteiger charge is -2.37. The Morgan fingerprint density at radius 2 is 1.65 bits per heavy atom. The molecule has 2 heteroatoms. The van der Waals surface area contributed by atoms with Crippen molar-refractivity contribution >= 4 is 5.78 Å². The van der Waals surface area contributed by atoms with E-state index in [1.165, 1.54) is 0 Å². The molecule has 1 rings (SSSR count). The maximum Gasteiger partial charge on any atom is 0.157 e. The number of benzene rings is 1. The highest BCUT2D eigenvalue weighted by atomic mass is 16.1. The molecule has 0 saturated heterocycles. The lowest BCUT2D eigenvalue weighted by Crippen LogP contribution is -2.50. The fraction of sp³-hybridized carbons (Fsp3) is 0.533. The minimum absolute atomic E-state index is 0.310. The molecule has 0 amide bonds. The highest BCUT2D eigenvalue weighted by Gasteiger charge is 2.36. The monoisotopic (exact) mass is 233 g/mol. The lowest BCUT2D eigenvalue weighted by atomic mass is 9.83. The lowest BCUT2D eigenvalue weighted by molar-refractivity contribution is -0.129. The van der Waals surface area contributed by atoms with E-state index in [2.05, 4.69) is 18.7 Å². The van der Waals surface area contributed by atoms with E-state index in [0.29, 0.717) is 12.2 Å². The van der Waals surface area contributed by atoms with Crippen LogP contribution in [0.1, 0.15) is 32.3 Å². The SMILES string of the molecule is CCC(CC)(C(=O)Cc1ccccc1)N(C)C. The van der Waals surface area contributed by atoms with Gasteiger partial charge in [0, 0.05) is 6.42 Å². The van der Waals surface area contributed by atoms with Crippen LogP contribution in [0.15, 0.2) is 30.3 Å².